The molecule has 1 aromatic carbocycles. The molecule has 1 aromatic rings. The summed E-state index contributed by atoms with van der Waals surface area (Å²) >= 11 is 0. The summed E-state index contributed by atoms with van der Waals surface area (Å²) in [7, 11) is 4.28. The number of carbonyl (C=O) groups is 11. The molecule has 78 heavy (non-hydrogen) atoms. The van der Waals surface area contributed by atoms with Crippen LogP contribution in [0.25, 0.3) is 0 Å². The monoisotopic (exact) mass is 1090 g/mol. The molecular weight excluding hydrogens is 1010 g/mol. The summed E-state index contributed by atoms with van der Waals surface area (Å²) in [5, 5.41) is 20.0. The number of Topliss-reactive ketones (excluding diaryl/α,β-unsaturated/α-hetero) is 2. The number of esters is 2. The maximum atomic E-state index is 15.0. The zero-order valence-electron chi connectivity index (χ0n) is 47.6. The Bertz CT molecular complexity index is 2410. The molecule has 4 fully saturated rings. The van der Waals surface area contributed by atoms with Crippen molar-refractivity contribution in [1.29, 1.82) is 0 Å². The molecule has 22 nitrogen and oxygen atoms in total. The van der Waals surface area contributed by atoms with Gasteiger partial charge < -0.3 is 54.9 Å². The second kappa shape index (κ2) is 26.9. The number of cyclic esters (lactones) is 2. The van der Waals surface area contributed by atoms with E-state index in [0.717, 1.165) is 6.92 Å². The van der Waals surface area contributed by atoms with Gasteiger partial charge in [0.15, 0.2) is 11.9 Å². The molecule has 4 heterocycles. The number of ketones is 2. The van der Waals surface area contributed by atoms with Crippen LogP contribution in [0.5, 0.6) is 5.75 Å². The Kier molecular flexibility index (Phi) is 21.5. The van der Waals surface area contributed by atoms with Crippen LogP contribution in [-0.2, 0) is 68.6 Å². The maximum Gasteiger partial charge on any atom is 0.329 e. The van der Waals surface area contributed by atoms with Crippen LogP contribution in [0, 0.1) is 29.6 Å². The summed E-state index contributed by atoms with van der Waals surface area (Å²) < 4.78 is 17.2. The van der Waals surface area contributed by atoms with E-state index in [1.807, 2.05) is 20.8 Å². The van der Waals surface area contributed by atoms with Crippen LogP contribution >= 0.6 is 0 Å². The van der Waals surface area contributed by atoms with E-state index >= 15 is 0 Å². The van der Waals surface area contributed by atoms with Crippen molar-refractivity contribution in [3.8, 4) is 5.75 Å². The summed E-state index contributed by atoms with van der Waals surface area (Å²) in [6, 6.07) is -2.61. The fraction of sp³-hybridized carbons (Fsp3) is 0.696. The van der Waals surface area contributed by atoms with Gasteiger partial charge in [0.1, 0.15) is 48.1 Å². The standard InChI is InChI=1S/C56H83N7O15/c1-14-30(6)45-43(65)27-44(66)78-48(29(4)5)47(67)32(8)49(68)57-37-25-31(7)38-21-22-40(63(38)53(37)72)55(74)61(12)42(26-35-17-19-36(76-13)20-18-35)56(75)77-34(10)46(51(70)58-45)59-50(69)41(24-28(2)3)60(11)54(73)39-16-15-23-62(39)52(71)33(9)64/h17-20,28-32,34,37-43,45-46,48,65H,14-16,21-27H2,1-13H3,(H,57,68)(H,58,70)(H,59,69). The fourth-order valence-corrected chi connectivity index (χ4v) is 11.2. The van der Waals surface area contributed by atoms with E-state index in [2.05, 4.69) is 16.0 Å². The topological polar surface area (TPSA) is 285 Å². The van der Waals surface area contributed by atoms with Crippen molar-refractivity contribution in [2.75, 3.05) is 27.7 Å². The number of amides is 7. The molecule has 0 saturated carbocycles. The summed E-state index contributed by atoms with van der Waals surface area (Å²) in [5.74, 6) is -11.3. The fourth-order valence-electron chi connectivity index (χ4n) is 11.2. The lowest BCUT2D eigenvalue weighted by Crippen LogP contribution is -2.63. The number of carbonyl (C=O) groups excluding carboxylic acids is 11. The number of likely N-dealkylation sites (N-methyl/N-ethyl adjacent to an activating group) is 2. The molecule has 22 heteroatoms. The van der Waals surface area contributed by atoms with Crippen molar-refractivity contribution in [3.63, 3.8) is 0 Å². The van der Waals surface area contributed by atoms with E-state index in [-0.39, 0.29) is 50.5 Å². The van der Waals surface area contributed by atoms with Crippen molar-refractivity contribution < 1.29 is 72.1 Å². The molecule has 4 aliphatic heterocycles. The molecule has 4 saturated heterocycles. The normalized spacial score (nSPS) is 29.8. The lowest BCUT2D eigenvalue weighted by Gasteiger charge is -2.42. The van der Waals surface area contributed by atoms with Gasteiger partial charge in [-0.15, -0.1) is 0 Å². The number of nitrogens with zero attached hydrogens (tertiary/aromatic N) is 4. The van der Waals surface area contributed by atoms with E-state index in [0.29, 0.717) is 30.6 Å². The predicted molar refractivity (Wildman–Crippen MR) is 282 cm³/mol. The first kappa shape index (κ1) is 62.4. The Morgan fingerprint density at radius 3 is 2.14 bits per heavy atom. The molecule has 4 aliphatic rings. The summed E-state index contributed by atoms with van der Waals surface area (Å²) in [5.41, 5.74) is 0.571. The number of rotatable bonds is 13. The molecule has 14 unspecified atom stereocenters. The molecule has 0 aliphatic carbocycles. The third-order valence-electron chi connectivity index (χ3n) is 16.1. The zero-order valence-corrected chi connectivity index (χ0v) is 47.6. The van der Waals surface area contributed by atoms with E-state index in [4.69, 9.17) is 14.2 Å². The molecular formula is C56H83N7O15. The molecule has 7 amide bonds. The summed E-state index contributed by atoms with van der Waals surface area (Å²) in [6.45, 7) is 16.2. The second-order valence-corrected chi connectivity index (χ2v) is 22.6. The van der Waals surface area contributed by atoms with Gasteiger partial charge in [0, 0.05) is 40.0 Å². The van der Waals surface area contributed by atoms with Crippen LogP contribution in [0.3, 0.4) is 0 Å². The SMILES string of the molecule is CCC(C)C1NC(=O)C(NC(=O)C(CC(C)C)N(C)C(=O)C2CCCN2C(=O)C(C)=O)C(C)OC(=O)C(Cc2ccc(OC)cc2)N(C)C(=O)C2CCC3C(C)CC(NC(=O)C(C)C(=O)C(C(C)C)OC(=O)CC1O)C(=O)N23. The minimum atomic E-state index is -1.77. The Labute approximate surface area is 457 Å². The highest BCUT2D eigenvalue weighted by Gasteiger charge is 2.52. The van der Waals surface area contributed by atoms with Gasteiger partial charge in [-0.25, -0.2) is 4.79 Å². The zero-order chi connectivity index (χ0) is 58.2. The van der Waals surface area contributed by atoms with Crippen molar-refractivity contribution in [1.82, 2.24) is 35.6 Å². The largest absolute Gasteiger partial charge is 0.497 e. The van der Waals surface area contributed by atoms with E-state index in [1.165, 1.54) is 54.7 Å². The quantitative estimate of drug-likeness (QED) is 0.125. The maximum absolute atomic E-state index is 15.0. The molecule has 5 rings (SSSR count). The average Bonchev–Trinajstić information content (AvgIpc) is 4.12. The Morgan fingerprint density at radius 2 is 1.55 bits per heavy atom. The van der Waals surface area contributed by atoms with Crippen molar-refractivity contribution >= 4 is 64.9 Å². The second-order valence-electron chi connectivity index (χ2n) is 22.6. The van der Waals surface area contributed by atoms with Gasteiger partial charge in [-0.05, 0) is 93.7 Å². The lowest BCUT2D eigenvalue weighted by atomic mass is 9.87. The third-order valence-corrected chi connectivity index (χ3v) is 16.1. The molecule has 432 valence electrons. The van der Waals surface area contributed by atoms with Crippen LogP contribution in [0.4, 0.5) is 0 Å². The van der Waals surface area contributed by atoms with E-state index < -0.39 is 156 Å². The van der Waals surface area contributed by atoms with Gasteiger partial charge in [0.05, 0.1) is 31.6 Å². The number of aliphatic hydroxyl groups is 1. The van der Waals surface area contributed by atoms with Gasteiger partial charge in [-0.2, -0.15) is 0 Å². The highest BCUT2D eigenvalue weighted by atomic mass is 16.6. The van der Waals surface area contributed by atoms with Gasteiger partial charge in [0.2, 0.25) is 41.2 Å². The number of fused-ring (bicyclic) bond motifs is 1. The lowest BCUT2D eigenvalue weighted by molar-refractivity contribution is -0.163. The Hall–Kier alpha value is -6.45. The first-order valence-electron chi connectivity index (χ1n) is 27.5. The number of methoxy groups -OCH3 is 1. The predicted octanol–water partition coefficient (Wildman–Crippen LogP) is 1.89. The molecule has 14 atom stereocenters. The molecule has 0 radical (unpaired) electrons. The van der Waals surface area contributed by atoms with Crippen LogP contribution < -0.4 is 20.7 Å². The summed E-state index contributed by atoms with van der Waals surface area (Å²) in [4.78, 5) is 160. The van der Waals surface area contributed by atoms with E-state index in [1.54, 1.807) is 52.0 Å². The number of likely N-dealkylation sites (tertiary alicyclic amines) is 1. The van der Waals surface area contributed by atoms with Crippen molar-refractivity contribution in [2.24, 2.45) is 29.6 Å². The van der Waals surface area contributed by atoms with Crippen molar-refractivity contribution in [3.05, 3.63) is 29.8 Å². The van der Waals surface area contributed by atoms with Crippen LogP contribution in [-0.4, -0.2) is 184 Å². The van der Waals surface area contributed by atoms with Crippen LogP contribution in [0.2, 0.25) is 0 Å². The summed E-state index contributed by atoms with van der Waals surface area (Å²) in [6.07, 6.45) is -3.59. The number of hydrogen-bond donors (Lipinski definition) is 4. The average molecular weight is 1090 g/mol. The van der Waals surface area contributed by atoms with Crippen LogP contribution in [0.1, 0.15) is 126 Å². The van der Waals surface area contributed by atoms with Crippen molar-refractivity contribution in [2.45, 2.75) is 194 Å². The number of piperidine rings is 1. The highest BCUT2D eigenvalue weighted by Crippen LogP contribution is 2.37. The van der Waals surface area contributed by atoms with E-state index in [9.17, 15) is 57.8 Å². The molecule has 2 bridgehead atoms. The van der Waals surface area contributed by atoms with Gasteiger partial charge in [-0.1, -0.05) is 67.0 Å². The van der Waals surface area contributed by atoms with Crippen LogP contribution in [0.15, 0.2) is 24.3 Å². The van der Waals surface area contributed by atoms with Gasteiger partial charge in [-0.3, -0.25) is 47.9 Å². The number of ether oxygens (including phenoxy) is 3. The van der Waals surface area contributed by atoms with Gasteiger partial charge >= 0.3 is 11.9 Å². The molecule has 4 N–H and O–H groups in total. The molecule has 0 aromatic heterocycles. The minimum absolute atomic E-state index is 0.0566. The number of hydrogen-bond acceptors (Lipinski definition) is 15. The smallest absolute Gasteiger partial charge is 0.329 e. The first-order chi connectivity index (χ1) is 36.6. The number of benzene rings is 1. The third kappa shape index (κ3) is 14.4. The molecule has 0 spiro atoms. The Balaban J connectivity index is 1.61. The number of aliphatic hydroxyl groups excluding tert-OH is 1. The van der Waals surface area contributed by atoms with Gasteiger partial charge in [0.25, 0.3) is 5.91 Å². The highest BCUT2D eigenvalue weighted by molar-refractivity contribution is 6.35. The number of nitrogens with one attached hydrogen (secondary N) is 3. The first-order valence-corrected chi connectivity index (χ1v) is 27.5. The Morgan fingerprint density at radius 1 is 0.897 bits per heavy atom. The minimum Gasteiger partial charge on any atom is -0.497 e.